The van der Waals surface area contributed by atoms with Gasteiger partial charge in [0, 0.05) is 12.0 Å². The van der Waals surface area contributed by atoms with Crippen LogP contribution in [0.25, 0.3) is 0 Å². The number of fused-ring (bicyclic) bond motifs is 7. The highest BCUT2D eigenvalue weighted by molar-refractivity contribution is 5.37. The predicted molar refractivity (Wildman–Crippen MR) is 109 cm³/mol. The third-order valence-corrected chi connectivity index (χ3v) is 11.0. The summed E-state index contributed by atoms with van der Waals surface area (Å²) in [5.74, 6) is 3.26. The van der Waals surface area contributed by atoms with Crippen molar-refractivity contribution in [2.75, 3.05) is 6.61 Å². The molecule has 0 aromatic rings. The van der Waals surface area contributed by atoms with E-state index in [-0.39, 0.29) is 29.0 Å². The van der Waals surface area contributed by atoms with Gasteiger partial charge in [0.15, 0.2) is 0 Å². The fourth-order valence-electron chi connectivity index (χ4n) is 9.42. The average molecular weight is 373 g/mol. The maximum atomic E-state index is 11.4. The highest BCUT2D eigenvalue weighted by Crippen LogP contribution is 2.74. The van der Waals surface area contributed by atoms with Gasteiger partial charge in [-0.1, -0.05) is 46.3 Å². The number of hydrogen-bond donors (Lipinski definition) is 2. The second kappa shape index (κ2) is 5.42. The zero-order chi connectivity index (χ0) is 19.4. The molecule has 0 radical (unpaired) electrons. The lowest BCUT2D eigenvalue weighted by Crippen LogP contribution is -2.57. The molecule has 2 heteroatoms. The van der Waals surface area contributed by atoms with Gasteiger partial charge in [0.2, 0.25) is 0 Å². The summed E-state index contributed by atoms with van der Waals surface area (Å²) in [6.07, 6.45) is 10.8. The third kappa shape index (κ3) is 2.05. The Morgan fingerprint density at radius 1 is 1.04 bits per heavy atom. The lowest BCUT2D eigenvalue weighted by atomic mass is 9.47. The number of rotatable bonds is 1. The number of allylic oxidation sites excluding steroid dienone is 1. The Bertz CT molecular complexity index is 680. The van der Waals surface area contributed by atoms with E-state index in [9.17, 15) is 10.2 Å². The van der Waals surface area contributed by atoms with Crippen LogP contribution in [0.3, 0.4) is 0 Å². The van der Waals surface area contributed by atoms with Gasteiger partial charge in [-0.3, -0.25) is 0 Å². The molecule has 5 aliphatic rings. The number of aliphatic hydroxyl groups excluding tert-OH is 2. The Balaban J connectivity index is 1.65. The van der Waals surface area contributed by atoms with E-state index in [1.165, 1.54) is 32.1 Å². The van der Waals surface area contributed by atoms with Crippen molar-refractivity contribution in [3.8, 4) is 0 Å². The first-order valence-electron chi connectivity index (χ1n) is 11.6. The first kappa shape index (κ1) is 18.7. The minimum absolute atomic E-state index is 0.0601. The zero-order valence-corrected chi connectivity index (χ0v) is 18.1. The first-order valence-corrected chi connectivity index (χ1v) is 11.6. The van der Waals surface area contributed by atoms with Crippen LogP contribution in [0.1, 0.15) is 79.6 Å². The van der Waals surface area contributed by atoms with Gasteiger partial charge < -0.3 is 10.2 Å². The van der Waals surface area contributed by atoms with E-state index in [4.69, 9.17) is 0 Å². The lowest BCUT2D eigenvalue weighted by molar-refractivity contribution is -0.145. The van der Waals surface area contributed by atoms with Gasteiger partial charge in [-0.15, -0.1) is 0 Å². The van der Waals surface area contributed by atoms with Crippen molar-refractivity contribution in [2.24, 2.45) is 51.2 Å². The second-order valence-corrected chi connectivity index (χ2v) is 12.3. The molecule has 27 heavy (non-hydrogen) atoms. The van der Waals surface area contributed by atoms with Crippen LogP contribution in [-0.4, -0.2) is 22.9 Å². The van der Waals surface area contributed by atoms with Gasteiger partial charge in [-0.25, -0.2) is 0 Å². The molecule has 5 rings (SSSR count). The summed E-state index contributed by atoms with van der Waals surface area (Å²) in [4.78, 5) is 0. The Morgan fingerprint density at radius 3 is 2.44 bits per heavy atom. The lowest BCUT2D eigenvalue weighted by Gasteiger charge is -2.58. The minimum Gasteiger partial charge on any atom is -0.396 e. The van der Waals surface area contributed by atoms with Crippen molar-refractivity contribution in [1.82, 2.24) is 0 Å². The molecule has 5 aliphatic carbocycles. The molecule has 9 atom stereocenters. The van der Waals surface area contributed by atoms with E-state index in [2.05, 4.69) is 40.7 Å². The molecule has 2 N–H and O–H groups in total. The summed E-state index contributed by atoms with van der Waals surface area (Å²) < 4.78 is 0. The third-order valence-electron chi connectivity index (χ3n) is 11.0. The highest BCUT2D eigenvalue weighted by atomic mass is 16.3. The van der Waals surface area contributed by atoms with Gasteiger partial charge in [-0.2, -0.15) is 0 Å². The van der Waals surface area contributed by atoms with Crippen molar-refractivity contribution >= 4 is 0 Å². The standard InChI is InChI=1S/C25H40O2/c1-15-6-7-16-8-9-17-18(24(15,16)5)12-23(4)19(27)13-25(14-26)11-10-22(2,3)21(25)20(17)23/h12,15-17,19-21,26-27H,6-11,13-14H2,1-5H3/t15-,16+,17+,19+,20+,21-,23-,24+,25-/m0/s1. The van der Waals surface area contributed by atoms with Crippen molar-refractivity contribution in [2.45, 2.75) is 85.7 Å². The van der Waals surface area contributed by atoms with Crippen LogP contribution in [-0.2, 0) is 0 Å². The number of aliphatic hydroxyl groups is 2. The Morgan fingerprint density at radius 2 is 1.74 bits per heavy atom. The van der Waals surface area contributed by atoms with Gasteiger partial charge in [0.05, 0.1) is 6.10 Å². The summed E-state index contributed by atoms with van der Waals surface area (Å²) in [6, 6.07) is 0. The Labute approximate surface area is 165 Å². The molecule has 0 saturated heterocycles. The molecule has 0 spiro atoms. The molecule has 0 aromatic heterocycles. The molecule has 0 heterocycles. The summed E-state index contributed by atoms with van der Waals surface area (Å²) >= 11 is 0. The monoisotopic (exact) mass is 372 g/mol. The molecule has 152 valence electrons. The highest BCUT2D eigenvalue weighted by Gasteiger charge is 2.69. The normalized spacial score (nSPS) is 58.3. The first-order chi connectivity index (χ1) is 12.6. The van der Waals surface area contributed by atoms with Crippen LogP contribution in [0.5, 0.6) is 0 Å². The van der Waals surface area contributed by atoms with Crippen molar-refractivity contribution in [1.29, 1.82) is 0 Å². The maximum absolute atomic E-state index is 11.4. The topological polar surface area (TPSA) is 40.5 Å². The minimum atomic E-state index is -0.309. The fraction of sp³-hybridized carbons (Fsp3) is 0.920. The Kier molecular flexibility index (Phi) is 3.75. The van der Waals surface area contributed by atoms with Crippen LogP contribution >= 0.6 is 0 Å². The van der Waals surface area contributed by atoms with Gasteiger partial charge in [0.25, 0.3) is 0 Å². The summed E-state index contributed by atoms with van der Waals surface area (Å²) in [6.45, 7) is 12.5. The maximum Gasteiger partial charge on any atom is 0.0637 e. The zero-order valence-electron chi connectivity index (χ0n) is 18.1. The molecule has 0 amide bonds. The molecule has 0 aromatic carbocycles. The molecule has 2 nitrogen and oxygen atoms in total. The van der Waals surface area contributed by atoms with Crippen LogP contribution in [0.2, 0.25) is 0 Å². The average Bonchev–Trinajstić information content (AvgIpc) is 3.18. The van der Waals surface area contributed by atoms with Crippen LogP contribution < -0.4 is 0 Å². The van der Waals surface area contributed by atoms with E-state index >= 15 is 0 Å². The Hall–Kier alpha value is -0.340. The van der Waals surface area contributed by atoms with Gasteiger partial charge in [0.1, 0.15) is 0 Å². The SMILES string of the molecule is C[C@H]1CC[C@@H]2CC[C@@H]3C(=C[C@]4(C)[C@H]3[C@H]3C(C)(C)CC[C@@]3(CO)C[C@H]4O)[C@@]21C. The smallest absolute Gasteiger partial charge is 0.0637 e. The molecular formula is C25H40O2. The molecule has 0 bridgehead atoms. The molecular weight excluding hydrogens is 332 g/mol. The quantitative estimate of drug-likeness (QED) is 0.622. The largest absolute Gasteiger partial charge is 0.396 e. The van der Waals surface area contributed by atoms with E-state index < -0.39 is 0 Å². The van der Waals surface area contributed by atoms with Crippen LogP contribution in [0.4, 0.5) is 0 Å². The predicted octanol–water partition coefficient (Wildman–Crippen LogP) is 5.19. The van der Waals surface area contributed by atoms with E-state index in [1.807, 2.05) is 0 Å². The van der Waals surface area contributed by atoms with Gasteiger partial charge >= 0.3 is 0 Å². The molecule has 0 aliphatic heterocycles. The van der Waals surface area contributed by atoms with E-state index in [0.29, 0.717) is 23.2 Å². The molecule has 0 unspecified atom stereocenters. The van der Waals surface area contributed by atoms with Crippen LogP contribution in [0.15, 0.2) is 11.6 Å². The van der Waals surface area contributed by atoms with Crippen molar-refractivity contribution < 1.29 is 10.2 Å². The van der Waals surface area contributed by atoms with Crippen molar-refractivity contribution in [3.05, 3.63) is 11.6 Å². The van der Waals surface area contributed by atoms with Crippen molar-refractivity contribution in [3.63, 3.8) is 0 Å². The summed E-state index contributed by atoms with van der Waals surface area (Å²) in [7, 11) is 0. The van der Waals surface area contributed by atoms with Gasteiger partial charge in [-0.05, 0) is 90.8 Å². The molecule has 4 fully saturated rings. The van der Waals surface area contributed by atoms with Crippen LogP contribution in [0, 0.1) is 51.2 Å². The van der Waals surface area contributed by atoms with E-state index in [1.54, 1.807) is 5.57 Å². The molecule has 4 saturated carbocycles. The second-order valence-electron chi connectivity index (χ2n) is 12.3. The summed E-state index contributed by atoms with van der Waals surface area (Å²) in [5.41, 5.74) is 2.15. The number of hydrogen-bond acceptors (Lipinski definition) is 2. The summed E-state index contributed by atoms with van der Waals surface area (Å²) in [5, 5.41) is 22.0. The van der Waals surface area contributed by atoms with E-state index in [0.717, 1.165) is 24.7 Å². The fourth-order valence-corrected chi connectivity index (χ4v) is 9.42.